The number of rotatable bonds is 13. The standard InChI is InChI=1S/C23H43NO6/c1-9-11-13-29-19(27)22(7,10-2)16-23(8,20(28)30-14-12-25)15-17(3)18(26)24-21(4,5)6/h17,25H,9-16H2,1-8H3,(H,24,26). The summed E-state index contributed by atoms with van der Waals surface area (Å²) in [5, 5.41) is 12.0. The average molecular weight is 430 g/mol. The number of aliphatic hydroxyl groups excluding tert-OH is 1. The third kappa shape index (κ3) is 9.45. The maximum Gasteiger partial charge on any atom is 0.311 e. The lowest BCUT2D eigenvalue weighted by Crippen LogP contribution is -2.46. The summed E-state index contributed by atoms with van der Waals surface area (Å²) in [4.78, 5) is 38.3. The van der Waals surface area contributed by atoms with Gasteiger partial charge in [-0.25, -0.2) is 0 Å². The van der Waals surface area contributed by atoms with Crippen molar-refractivity contribution in [3.63, 3.8) is 0 Å². The van der Waals surface area contributed by atoms with E-state index in [0.717, 1.165) is 12.8 Å². The molecule has 0 heterocycles. The minimum Gasteiger partial charge on any atom is -0.465 e. The molecule has 0 aliphatic heterocycles. The van der Waals surface area contributed by atoms with Gasteiger partial charge in [0.05, 0.1) is 24.0 Å². The third-order valence-electron chi connectivity index (χ3n) is 5.30. The van der Waals surface area contributed by atoms with Gasteiger partial charge in [-0.05, 0) is 60.3 Å². The molecule has 0 aliphatic carbocycles. The van der Waals surface area contributed by atoms with Crippen LogP contribution in [0.3, 0.4) is 0 Å². The van der Waals surface area contributed by atoms with Crippen molar-refractivity contribution in [2.75, 3.05) is 19.8 Å². The van der Waals surface area contributed by atoms with E-state index < -0.39 is 22.7 Å². The van der Waals surface area contributed by atoms with Crippen LogP contribution in [0, 0.1) is 16.7 Å². The summed E-state index contributed by atoms with van der Waals surface area (Å²) in [6.45, 7) is 14.8. The van der Waals surface area contributed by atoms with Gasteiger partial charge in [0.15, 0.2) is 0 Å². The molecule has 0 radical (unpaired) electrons. The van der Waals surface area contributed by atoms with Gasteiger partial charge in [0.1, 0.15) is 6.61 Å². The van der Waals surface area contributed by atoms with Crippen molar-refractivity contribution < 1.29 is 29.0 Å². The highest BCUT2D eigenvalue weighted by molar-refractivity contribution is 5.83. The molecule has 7 heteroatoms. The first-order valence-corrected chi connectivity index (χ1v) is 11.0. The molecule has 0 rings (SSSR count). The van der Waals surface area contributed by atoms with Gasteiger partial charge in [-0.2, -0.15) is 0 Å². The third-order valence-corrected chi connectivity index (χ3v) is 5.30. The maximum atomic E-state index is 12.9. The SMILES string of the molecule is CCCCOC(=O)C(C)(CC)CC(C)(CC(C)C(=O)NC(C)(C)C)C(=O)OCCO. The highest BCUT2D eigenvalue weighted by atomic mass is 16.5. The topological polar surface area (TPSA) is 102 Å². The first kappa shape index (κ1) is 28.4. The molecule has 0 saturated heterocycles. The number of unbranched alkanes of at least 4 members (excludes halogenated alkanes) is 1. The number of esters is 2. The maximum absolute atomic E-state index is 12.9. The molecule has 2 N–H and O–H groups in total. The second kappa shape index (κ2) is 12.3. The van der Waals surface area contributed by atoms with E-state index in [1.807, 2.05) is 34.6 Å². The second-order valence-electron chi connectivity index (χ2n) is 9.85. The lowest BCUT2D eigenvalue weighted by Gasteiger charge is -2.37. The fourth-order valence-electron chi connectivity index (χ4n) is 3.49. The summed E-state index contributed by atoms with van der Waals surface area (Å²) >= 11 is 0. The summed E-state index contributed by atoms with van der Waals surface area (Å²) in [5.41, 5.74) is -2.36. The van der Waals surface area contributed by atoms with Crippen molar-refractivity contribution in [1.82, 2.24) is 5.32 Å². The van der Waals surface area contributed by atoms with E-state index in [1.165, 1.54) is 0 Å². The van der Waals surface area contributed by atoms with Crippen LogP contribution in [0.2, 0.25) is 0 Å². The van der Waals surface area contributed by atoms with Crippen molar-refractivity contribution in [3.05, 3.63) is 0 Å². The Labute approximate surface area is 182 Å². The van der Waals surface area contributed by atoms with Crippen LogP contribution in [0.15, 0.2) is 0 Å². The number of ether oxygens (including phenoxy) is 2. The second-order valence-corrected chi connectivity index (χ2v) is 9.85. The van der Waals surface area contributed by atoms with Crippen LogP contribution in [-0.2, 0) is 23.9 Å². The van der Waals surface area contributed by atoms with Crippen LogP contribution >= 0.6 is 0 Å². The monoisotopic (exact) mass is 429 g/mol. The predicted molar refractivity (Wildman–Crippen MR) is 117 cm³/mol. The quantitative estimate of drug-likeness (QED) is 0.342. The largest absolute Gasteiger partial charge is 0.465 e. The van der Waals surface area contributed by atoms with Gasteiger partial charge in [0.2, 0.25) is 5.91 Å². The van der Waals surface area contributed by atoms with Gasteiger partial charge in [0.25, 0.3) is 0 Å². The summed E-state index contributed by atoms with van der Waals surface area (Å²) in [6, 6.07) is 0. The van der Waals surface area contributed by atoms with Crippen LogP contribution in [0.4, 0.5) is 0 Å². The molecule has 30 heavy (non-hydrogen) atoms. The zero-order valence-electron chi connectivity index (χ0n) is 20.2. The van der Waals surface area contributed by atoms with Crippen molar-refractivity contribution in [2.24, 2.45) is 16.7 Å². The lowest BCUT2D eigenvalue weighted by molar-refractivity contribution is -0.165. The molecule has 0 fully saturated rings. The molecule has 7 nitrogen and oxygen atoms in total. The van der Waals surface area contributed by atoms with Gasteiger partial charge in [-0.1, -0.05) is 27.2 Å². The van der Waals surface area contributed by atoms with Crippen molar-refractivity contribution in [2.45, 2.75) is 93.0 Å². The van der Waals surface area contributed by atoms with E-state index in [-0.39, 0.29) is 43.5 Å². The van der Waals surface area contributed by atoms with E-state index >= 15 is 0 Å². The van der Waals surface area contributed by atoms with Crippen LogP contribution in [-0.4, -0.2) is 48.3 Å². The highest BCUT2D eigenvalue weighted by Crippen LogP contribution is 2.42. The smallest absolute Gasteiger partial charge is 0.311 e. The molecule has 0 aromatic heterocycles. The Hall–Kier alpha value is -1.63. The molecule has 0 aliphatic rings. The average Bonchev–Trinajstić information content (AvgIpc) is 2.64. The predicted octanol–water partition coefficient (Wildman–Crippen LogP) is 3.62. The summed E-state index contributed by atoms with van der Waals surface area (Å²) in [6.07, 6.45) is 2.60. The number of hydrogen-bond donors (Lipinski definition) is 2. The highest BCUT2D eigenvalue weighted by Gasteiger charge is 2.47. The van der Waals surface area contributed by atoms with E-state index in [2.05, 4.69) is 5.32 Å². The Kier molecular flexibility index (Phi) is 11.6. The molecule has 0 bridgehead atoms. The molecular formula is C23H43NO6. The number of hydrogen-bond acceptors (Lipinski definition) is 6. The van der Waals surface area contributed by atoms with Gasteiger partial charge in [0, 0.05) is 11.5 Å². The molecule has 3 unspecified atom stereocenters. The first-order chi connectivity index (χ1) is 13.7. The van der Waals surface area contributed by atoms with Crippen molar-refractivity contribution >= 4 is 17.8 Å². The summed E-state index contributed by atoms with van der Waals surface area (Å²) in [7, 11) is 0. The van der Waals surface area contributed by atoms with Gasteiger partial charge < -0.3 is 19.9 Å². The molecular weight excluding hydrogens is 386 g/mol. The van der Waals surface area contributed by atoms with E-state index in [1.54, 1.807) is 20.8 Å². The normalized spacial score (nSPS) is 16.7. The number of carbonyl (C=O) groups excluding carboxylic acids is 3. The summed E-state index contributed by atoms with van der Waals surface area (Å²) in [5.74, 6) is -1.49. The fourth-order valence-corrected chi connectivity index (χ4v) is 3.49. The van der Waals surface area contributed by atoms with Crippen LogP contribution in [0.25, 0.3) is 0 Å². The van der Waals surface area contributed by atoms with Crippen LogP contribution in [0.5, 0.6) is 0 Å². The minimum atomic E-state index is -1.08. The molecule has 3 atom stereocenters. The Morgan fingerprint density at radius 3 is 1.93 bits per heavy atom. The Bertz CT molecular complexity index is 571. The lowest BCUT2D eigenvalue weighted by atomic mass is 9.68. The van der Waals surface area contributed by atoms with Crippen molar-refractivity contribution in [1.29, 1.82) is 0 Å². The first-order valence-electron chi connectivity index (χ1n) is 11.0. The molecule has 1 amide bonds. The molecule has 0 saturated carbocycles. The Balaban J connectivity index is 5.64. The molecule has 0 aromatic rings. The van der Waals surface area contributed by atoms with E-state index in [9.17, 15) is 14.4 Å². The van der Waals surface area contributed by atoms with Crippen LogP contribution in [0.1, 0.15) is 87.5 Å². The van der Waals surface area contributed by atoms with Gasteiger partial charge >= 0.3 is 11.9 Å². The van der Waals surface area contributed by atoms with Crippen molar-refractivity contribution in [3.8, 4) is 0 Å². The number of carbonyl (C=O) groups is 3. The zero-order chi connectivity index (χ0) is 23.6. The Morgan fingerprint density at radius 2 is 1.47 bits per heavy atom. The Morgan fingerprint density at radius 1 is 0.933 bits per heavy atom. The molecule has 0 aromatic carbocycles. The number of nitrogens with one attached hydrogen (secondary N) is 1. The molecule has 176 valence electrons. The van der Waals surface area contributed by atoms with Gasteiger partial charge in [-0.3, -0.25) is 14.4 Å². The fraction of sp³-hybridized carbons (Fsp3) is 0.870. The van der Waals surface area contributed by atoms with E-state index in [4.69, 9.17) is 14.6 Å². The van der Waals surface area contributed by atoms with Crippen LogP contribution < -0.4 is 5.32 Å². The number of amides is 1. The number of aliphatic hydroxyl groups is 1. The van der Waals surface area contributed by atoms with E-state index in [0.29, 0.717) is 13.0 Å². The minimum absolute atomic E-state index is 0.124. The molecule has 0 spiro atoms. The summed E-state index contributed by atoms with van der Waals surface area (Å²) < 4.78 is 10.7. The van der Waals surface area contributed by atoms with Gasteiger partial charge in [-0.15, -0.1) is 0 Å². The zero-order valence-corrected chi connectivity index (χ0v) is 20.2.